The van der Waals surface area contributed by atoms with E-state index in [1.807, 2.05) is 0 Å². The summed E-state index contributed by atoms with van der Waals surface area (Å²) in [6.07, 6.45) is 0. The van der Waals surface area contributed by atoms with Crippen molar-refractivity contribution in [2.24, 2.45) is 0 Å². The molecule has 0 saturated heterocycles. The number of hydrogen-bond donors (Lipinski definition) is 0. The fraction of sp³-hybridized carbons (Fsp3) is 0.100. The van der Waals surface area contributed by atoms with Gasteiger partial charge >= 0.3 is 0 Å². The van der Waals surface area contributed by atoms with Crippen LogP contribution in [0, 0.1) is 0 Å². The molecule has 0 unspecified atom stereocenters. The molecule has 0 aromatic heterocycles. The largest absolute Gasteiger partial charge is 0.256 e. The summed E-state index contributed by atoms with van der Waals surface area (Å²) in [5, 5.41) is 0. The first kappa shape index (κ1) is 19.3. The van der Waals surface area contributed by atoms with Gasteiger partial charge in [-0.2, -0.15) is 0 Å². The Bertz CT molecular complexity index is 1030. The van der Waals surface area contributed by atoms with Crippen LogP contribution < -0.4 is 0 Å². The van der Waals surface area contributed by atoms with Crippen molar-refractivity contribution in [2.75, 3.05) is 0 Å². The lowest BCUT2D eigenvalue weighted by molar-refractivity contribution is 0.448. The minimum atomic E-state index is -4.31. The van der Waals surface area contributed by atoms with E-state index in [1.165, 1.54) is 24.3 Å². The zero-order chi connectivity index (χ0) is 19.5. The van der Waals surface area contributed by atoms with Crippen LogP contribution in [-0.4, -0.2) is 20.5 Å². The molecule has 0 amide bonds. The van der Waals surface area contributed by atoms with Gasteiger partial charge in [-0.25, -0.2) is 16.8 Å². The first-order valence-electron chi connectivity index (χ1n) is 8.30. The van der Waals surface area contributed by atoms with Crippen LogP contribution in [0.2, 0.25) is 0 Å². The maximum atomic E-state index is 13.3. The van der Waals surface area contributed by atoms with Crippen LogP contribution in [0.1, 0.15) is 18.5 Å². The highest BCUT2D eigenvalue weighted by molar-refractivity contribution is 8.04. The number of rotatable bonds is 6. The predicted molar refractivity (Wildman–Crippen MR) is 104 cm³/mol. The van der Waals surface area contributed by atoms with Gasteiger partial charge < -0.3 is 0 Å². The van der Waals surface area contributed by atoms with E-state index in [0.717, 1.165) is 0 Å². The summed E-state index contributed by atoms with van der Waals surface area (Å²) >= 11 is 0. The quantitative estimate of drug-likeness (QED) is 0.629. The second kappa shape index (κ2) is 7.64. The van der Waals surface area contributed by atoms with E-state index in [0.29, 0.717) is 9.27 Å². The highest BCUT2D eigenvalue weighted by Gasteiger charge is 2.40. The lowest BCUT2D eigenvalue weighted by Gasteiger charge is -2.28. The van der Waals surface area contributed by atoms with Gasteiger partial charge in [-0.05, 0) is 36.8 Å². The Morgan fingerprint density at radius 1 is 0.593 bits per heavy atom. The van der Waals surface area contributed by atoms with Crippen LogP contribution in [0.15, 0.2) is 101 Å². The van der Waals surface area contributed by atoms with Crippen LogP contribution in [0.3, 0.4) is 0 Å². The molecular formula is C20H19NO4S2. The summed E-state index contributed by atoms with van der Waals surface area (Å²) in [4.78, 5) is -0.153. The van der Waals surface area contributed by atoms with Crippen molar-refractivity contribution in [3.8, 4) is 0 Å². The van der Waals surface area contributed by atoms with E-state index in [1.54, 1.807) is 73.7 Å². The van der Waals surface area contributed by atoms with Gasteiger partial charge in [0.05, 0.1) is 15.8 Å². The average molecular weight is 402 g/mol. The van der Waals surface area contributed by atoms with Gasteiger partial charge in [-0.15, -0.1) is 0 Å². The molecule has 0 saturated carbocycles. The molecule has 140 valence electrons. The second-order valence-corrected chi connectivity index (χ2v) is 9.81. The molecule has 0 aliphatic heterocycles. The summed E-state index contributed by atoms with van der Waals surface area (Å²) < 4.78 is 53.9. The first-order chi connectivity index (χ1) is 12.8. The zero-order valence-corrected chi connectivity index (χ0v) is 16.3. The number of benzene rings is 3. The molecule has 0 N–H and O–H groups in total. The van der Waals surface area contributed by atoms with E-state index in [9.17, 15) is 16.8 Å². The molecule has 0 heterocycles. The molecule has 0 radical (unpaired) electrons. The molecule has 0 spiro atoms. The Morgan fingerprint density at radius 2 is 0.926 bits per heavy atom. The first-order valence-corrected chi connectivity index (χ1v) is 11.2. The molecule has 0 bridgehead atoms. The summed E-state index contributed by atoms with van der Waals surface area (Å²) in [5.74, 6) is 0. The third-order valence-corrected chi connectivity index (χ3v) is 8.65. The second-order valence-electron chi connectivity index (χ2n) is 5.95. The number of hydrogen-bond acceptors (Lipinski definition) is 4. The molecule has 3 rings (SSSR count). The number of nitrogens with zero attached hydrogens (tertiary/aromatic N) is 1. The van der Waals surface area contributed by atoms with Gasteiger partial charge in [0.1, 0.15) is 0 Å². The SMILES string of the molecule is C[C@@H](c1ccccc1)N(S(=O)(=O)c1ccccc1)S(=O)(=O)c1ccccc1. The molecule has 0 aliphatic carbocycles. The van der Waals surface area contributed by atoms with Crippen molar-refractivity contribution in [2.45, 2.75) is 22.8 Å². The summed E-state index contributed by atoms with van der Waals surface area (Å²) in [6, 6.07) is 22.9. The van der Waals surface area contributed by atoms with Crippen molar-refractivity contribution in [3.05, 3.63) is 96.6 Å². The Labute approximate surface area is 160 Å². The highest BCUT2D eigenvalue weighted by Crippen LogP contribution is 2.33. The third kappa shape index (κ3) is 3.80. The molecule has 3 aromatic rings. The van der Waals surface area contributed by atoms with Crippen LogP contribution in [0.25, 0.3) is 0 Å². The zero-order valence-electron chi connectivity index (χ0n) is 14.6. The highest BCUT2D eigenvalue weighted by atomic mass is 32.3. The van der Waals surface area contributed by atoms with E-state index in [4.69, 9.17) is 0 Å². The Morgan fingerprint density at radius 3 is 1.30 bits per heavy atom. The Balaban J connectivity index is 2.22. The maximum Gasteiger partial charge on any atom is 0.256 e. The Kier molecular flexibility index (Phi) is 5.46. The van der Waals surface area contributed by atoms with Crippen LogP contribution in [0.5, 0.6) is 0 Å². The topological polar surface area (TPSA) is 71.5 Å². The molecular weight excluding hydrogens is 382 g/mol. The van der Waals surface area contributed by atoms with E-state index in [2.05, 4.69) is 0 Å². The molecule has 0 aliphatic rings. The van der Waals surface area contributed by atoms with Gasteiger partial charge in [-0.1, -0.05) is 70.4 Å². The average Bonchev–Trinajstić information content (AvgIpc) is 2.69. The van der Waals surface area contributed by atoms with Crippen molar-refractivity contribution < 1.29 is 16.8 Å². The molecule has 1 atom stereocenters. The lowest BCUT2D eigenvalue weighted by atomic mass is 10.1. The smallest absolute Gasteiger partial charge is 0.206 e. The van der Waals surface area contributed by atoms with Gasteiger partial charge in [0.15, 0.2) is 0 Å². The van der Waals surface area contributed by atoms with Gasteiger partial charge in [0, 0.05) is 0 Å². The van der Waals surface area contributed by atoms with Crippen LogP contribution in [0.4, 0.5) is 0 Å². The predicted octanol–water partition coefficient (Wildman–Crippen LogP) is 3.83. The van der Waals surface area contributed by atoms with Crippen molar-refractivity contribution in [3.63, 3.8) is 0 Å². The molecule has 27 heavy (non-hydrogen) atoms. The minimum absolute atomic E-state index is 0.0766. The minimum Gasteiger partial charge on any atom is -0.206 e. The lowest BCUT2D eigenvalue weighted by Crippen LogP contribution is -2.38. The summed E-state index contributed by atoms with van der Waals surface area (Å²) in [5.41, 5.74) is 0.580. The molecule has 5 nitrogen and oxygen atoms in total. The molecule has 3 aromatic carbocycles. The maximum absolute atomic E-state index is 13.3. The van der Waals surface area contributed by atoms with Crippen molar-refractivity contribution >= 4 is 20.0 Å². The standard InChI is InChI=1S/C20H19NO4S2/c1-17(18-11-5-2-6-12-18)21(26(22,23)19-13-7-3-8-14-19)27(24,25)20-15-9-4-10-16-20/h2-17H,1H3/t17-/m0/s1. The van der Waals surface area contributed by atoms with Crippen LogP contribution in [-0.2, 0) is 20.0 Å². The fourth-order valence-electron chi connectivity index (χ4n) is 2.79. The third-order valence-electron chi connectivity index (χ3n) is 4.15. The van der Waals surface area contributed by atoms with Gasteiger partial charge in [0.25, 0.3) is 20.0 Å². The van der Waals surface area contributed by atoms with E-state index < -0.39 is 26.1 Å². The fourth-order valence-corrected chi connectivity index (χ4v) is 6.84. The van der Waals surface area contributed by atoms with Crippen molar-refractivity contribution in [1.29, 1.82) is 0 Å². The summed E-state index contributed by atoms with van der Waals surface area (Å²) in [6.45, 7) is 1.57. The number of sulfonamides is 2. The normalized spacial score (nSPS) is 13.4. The van der Waals surface area contributed by atoms with E-state index >= 15 is 0 Å². The molecule has 0 fully saturated rings. The summed E-state index contributed by atoms with van der Waals surface area (Å²) in [7, 11) is -8.62. The Hall–Kier alpha value is -2.48. The van der Waals surface area contributed by atoms with E-state index in [-0.39, 0.29) is 9.79 Å². The van der Waals surface area contributed by atoms with Gasteiger partial charge in [0.2, 0.25) is 0 Å². The van der Waals surface area contributed by atoms with Crippen molar-refractivity contribution in [1.82, 2.24) is 3.71 Å². The van der Waals surface area contributed by atoms with Crippen LogP contribution >= 0.6 is 0 Å². The van der Waals surface area contributed by atoms with Gasteiger partial charge in [-0.3, -0.25) is 0 Å². The monoisotopic (exact) mass is 401 g/mol. The molecule has 7 heteroatoms.